The molecule has 1 rings (SSSR count). The number of phenols is 1. The molecule has 0 aromatic heterocycles. The van der Waals surface area contributed by atoms with Gasteiger partial charge < -0.3 is 15.6 Å². The molecule has 3 N–H and O–H groups in total. The summed E-state index contributed by atoms with van der Waals surface area (Å²) in [5.74, 6) is 1.26. The molecule has 0 saturated carbocycles. The molecule has 90 valence electrons. The SMILES string of the molecule is CC(C)Oc1cccc(O)c1C(C)CCN. The van der Waals surface area contributed by atoms with E-state index in [9.17, 15) is 5.11 Å². The molecule has 0 aliphatic carbocycles. The maximum absolute atomic E-state index is 9.88. The Hall–Kier alpha value is -1.22. The minimum atomic E-state index is 0.102. The van der Waals surface area contributed by atoms with Crippen molar-refractivity contribution in [1.29, 1.82) is 0 Å². The third-order valence-electron chi connectivity index (χ3n) is 2.50. The van der Waals surface area contributed by atoms with Crippen LogP contribution in [0.3, 0.4) is 0 Å². The number of rotatable bonds is 5. The van der Waals surface area contributed by atoms with Crippen molar-refractivity contribution in [3.63, 3.8) is 0 Å². The Balaban J connectivity index is 3.02. The van der Waals surface area contributed by atoms with Gasteiger partial charge in [-0.1, -0.05) is 13.0 Å². The summed E-state index contributed by atoms with van der Waals surface area (Å²) in [6.45, 7) is 6.61. The first-order chi connectivity index (χ1) is 7.56. The summed E-state index contributed by atoms with van der Waals surface area (Å²) < 4.78 is 5.69. The van der Waals surface area contributed by atoms with Crippen LogP contribution in [0.15, 0.2) is 18.2 Å². The van der Waals surface area contributed by atoms with Crippen molar-refractivity contribution >= 4 is 0 Å². The van der Waals surface area contributed by atoms with E-state index in [1.165, 1.54) is 0 Å². The summed E-state index contributed by atoms with van der Waals surface area (Å²) in [5.41, 5.74) is 6.41. The monoisotopic (exact) mass is 223 g/mol. The molecular formula is C13H21NO2. The zero-order valence-corrected chi connectivity index (χ0v) is 10.2. The van der Waals surface area contributed by atoms with Gasteiger partial charge in [0.05, 0.1) is 6.10 Å². The van der Waals surface area contributed by atoms with Crippen molar-refractivity contribution in [3.8, 4) is 11.5 Å². The van der Waals surface area contributed by atoms with Crippen LogP contribution in [-0.4, -0.2) is 17.8 Å². The second kappa shape index (κ2) is 5.75. The first-order valence-corrected chi connectivity index (χ1v) is 5.74. The minimum Gasteiger partial charge on any atom is -0.508 e. The van der Waals surface area contributed by atoms with E-state index >= 15 is 0 Å². The van der Waals surface area contributed by atoms with Gasteiger partial charge in [-0.3, -0.25) is 0 Å². The molecule has 1 aromatic carbocycles. The number of phenolic OH excluding ortho intramolecular Hbond substituents is 1. The van der Waals surface area contributed by atoms with Crippen molar-refractivity contribution in [3.05, 3.63) is 23.8 Å². The lowest BCUT2D eigenvalue weighted by molar-refractivity contribution is 0.237. The molecule has 1 aromatic rings. The molecule has 1 atom stereocenters. The van der Waals surface area contributed by atoms with Gasteiger partial charge in [0, 0.05) is 5.56 Å². The van der Waals surface area contributed by atoms with Crippen molar-refractivity contribution in [1.82, 2.24) is 0 Å². The zero-order chi connectivity index (χ0) is 12.1. The number of hydrogen-bond acceptors (Lipinski definition) is 3. The van der Waals surface area contributed by atoms with Crippen LogP contribution >= 0.6 is 0 Å². The van der Waals surface area contributed by atoms with E-state index in [-0.39, 0.29) is 12.0 Å². The van der Waals surface area contributed by atoms with Gasteiger partial charge in [0.1, 0.15) is 11.5 Å². The fourth-order valence-corrected chi connectivity index (χ4v) is 1.78. The highest BCUT2D eigenvalue weighted by Gasteiger charge is 2.16. The summed E-state index contributed by atoms with van der Waals surface area (Å²) in [5, 5.41) is 9.88. The van der Waals surface area contributed by atoms with Crippen LogP contribution in [0.2, 0.25) is 0 Å². The smallest absolute Gasteiger partial charge is 0.126 e. The maximum atomic E-state index is 9.88. The normalized spacial score (nSPS) is 12.8. The third-order valence-corrected chi connectivity index (χ3v) is 2.50. The van der Waals surface area contributed by atoms with Crippen molar-refractivity contribution in [2.75, 3.05) is 6.54 Å². The van der Waals surface area contributed by atoms with E-state index in [1.807, 2.05) is 19.9 Å². The van der Waals surface area contributed by atoms with Crippen LogP contribution in [0.25, 0.3) is 0 Å². The maximum Gasteiger partial charge on any atom is 0.126 e. The molecule has 0 bridgehead atoms. The summed E-state index contributed by atoms with van der Waals surface area (Å²) in [6, 6.07) is 5.38. The quantitative estimate of drug-likeness (QED) is 0.806. The summed E-state index contributed by atoms with van der Waals surface area (Å²) in [7, 11) is 0. The lowest BCUT2D eigenvalue weighted by atomic mass is 9.96. The minimum absolute atomic E-state index is 0.102. The molecule has 0 aliphatic heterocycles. The van der Waals surface area contributed by atoms with Gasteiger partial charge in [-0.05, 0) is 44.9 Å². The standard InChI is InChI=1S/C13H21NO2/c1-9(2)16-12-6-4-5-11(15)13(12)10(3)7-8-14/h4-6,9-10,15H,7-8,14H2,1-3H3. The van der Waals surface area contributed by atoms with Crippen molar-refractivity contribution in [2.24, 2.45) is 5.73 Å². The fourth-order valence-electron chi connectivity index (χ4n) is 1.78. The van der Waals surface area contributed by atoms with Crippen LogP contribution in [0.4, 0.5) is 0 Å². The Labute approximate surface area is 97.2 Å². The van der Waals surface area contributed by atoms with E-state index in [2.05, 4.69) is 6.92 Å². The Bertz CT molecular complexity index is 337. The van der Waals surface area contributed by atoms with Gasteiger partial charge in [-0.25, -0.2) is 0 Å². The van der Waals surface area contributed by atoms with Gasteiger partial charge in [-0.2, -0.15) is 0 Å². The molecule has 0 heterocycles. The summed E-state index contributed by atoms with van der Waals surface area (Å²) in [4.78, 5) is 0. The Kier molecular flexibility index (Phi) is 4.62. The third kappa shape index (κ3) is 3.14. The molecule has 0 saturated heterocycles. The topological polar surface area (TPSA) is 55.5 Å². The number of nitrogens with two attached hydrogens (primary N) is 1. The van der Waals surface area contributed by atoms with Crippen LogP contribution < -0.4 is 10.5 Å². The summed E-state index contributed by atoms with van der Waals surface area (Å²) in [6.07, 6.45) is 0.942. The molecule has 1 unspecified atom stereocenters. The van der Waals surface area contributed by atoms with Crippen molar-refractivity contribution < 1.29 is 9.84 Å². The molecule has 0 aliphatic rings. The first-order valence-electron chi connectivity index (χ1n) is 5.74. The predicted octanol–water partition coefficient (Wildman–Crippen LogP) is 2.63. The van der Waals surface area contributed by atoms with E-state index < -0.39 is 0 Å². The van der Waals surface area contributed by atoms with Gasteiger partial charge in [0.2, 0.25) is 0 Å². The van der Waals surface area contributed by atoms with Gasteiger partial charge in [0.25, 0.3) is 0 Å². The Morgan fingerprint density at radius 1 is 1.31 bits per heavy atom. The van der Waals surface area contributed by atoms with E-state index in [1.54, 1.807) is 12.1 Å². The van der Waals surface area contributed by atoms with E-state index in [0.717, 1.165) is 17.7 Å². The number of benzene rings is 1. The average molecular weight is 223 g/mol. The zero-order valence-electron chi connectivity index (χ0n) is 10.2. The molecule has 0 spiro atoms. The molecule has 0 amide bonds. The van der Waals surface area contributed by atoms with E-state index in [0.29, 0.717) is 12.3 Å². The van der Waals surface area contributed by atoms with E-state index in [4.69, 9.17) is 10.5 Å². The molecule has 3 nitrogen and oxygen atoms in total. The number of ether oxygens (including phenoxy) is 1. The number of hydrogen-bond donors (Lipinski definition) is 2. The lowest BCUT2D eigenvalue weighted by Crippen LogP contribution is -2.10. The first kappa shape index (κ1) is 12.8. The Morgan fingerprint density at radius 2 is 2.00 bits per heavy atom. The highest BCUT2D eigenvalue weighted by molar-refractivity contribution is 5.46. The molecule has 16 heavy (non-hydrogen) atoms. The van der Waals surface area contributed by atoms with Gasteiger partial charge >= 0.3 is 0 Å². The predicted molar refractivity (Wildman–Crippen MR) is 66.0 cm³/mol. The van der Waals surface area contributed by atoms with Crippen molar-refractivity contribution in [2.45, 2.75) is 39.2 Å². The van der Waals surface area contributed by atoms with Crippen LogP contribution in [0.1, 0.15) is 38.7 Å². The van der Waals surface area contributed by atoms with Crippen LogP contribution in [-0.2, 0) is 0 Å². The molecule has 0 radical (unpaired) electrons. The second-order valence-corrected chi connectivity index (χ2v) is 4.33. The molecule has 0 fully saturated rings. The van der Waals surface area contributed by atoms with Gasteiger partial charge in [-0.15, -0.1) is 0 Å². The van der Waals surface area contributed by atoms with Crippen LogP contribution in [0, 0.1) is 0 Å². The summed E-state index contributed by atoms with van der Waals surface area (Å²) >= 11 is 0. The van der Waals surface area contributed by atoms with Crippen LogP contribution in [0.5, 0.6) is 11.5 Å². The highest BCUT2D eigenvalue weighted by atomic mass is 16.5. The largest absolute Gasteiger partial charge is 0.508 e. The number of aromatic hydroxyl groups is 1. The highest BCUT2D eigenvalue weighted by Crippen LogP contribution is 2.36. The lowest BCUT2D eigenvalue weighted by Gasteiger charge is -2.19. The molecule has 3 heteroatoms. The average Bonchev–Trinajstić information content (AvgIpc) is 2.16. The fraction of sp³-hybridized carbons (Fsp3) is 0.538. The van der Waals surface area contributed by atoms with Gasteiger partial charge in [0.15, 0.2) is 0 Å². The Morgan fingerprint density at radius 3 is 2.56 bits per heavy atom. The molecular weight excluding hydrogens is 202 g/mol. The second-order valence-electron chi connectivity index (χ2n) is 4.33.